The van der Waals surface area contributed by atoms with Gasteiger partial charge in [-0.05, 0) is 0 Å². The van der Waals surface area contributed by atoms with Crippen molar-refractivity contribution in [1.82, 2.24) is 9.97 Å². The Kier molecular flexibility index (Phi) is 9.73. The standard InChI is InChI=1S/C11H17N6O7P.2Na/c12-17-4-13-1-5-9(14-3-15-10(5)17)16-11-8(19)7(18)6(24-11)2-23-25(20,21)22;;/h1,3,6-8,11,18-19H,2,4,12H2,(H,14,15,16)(H2,20,21,22);;/t6-,7-,8-,11-;;/m1../s1. The minimum Gasteiger partial charge on any atom is -0.387 e. The molecule has 0 aromatic carbocycles. The summed E-state index contributed by atoms with van der Waals surface area (Å²) in [5, 5.41) is 24.1. The van der Waals surface area contributed by atoms with Gasteiger partial charge in [0.1, 0.15) is 37.1 Å². The fraction of sp³-hybridized carbons (Fsp3) is 0.545. The van der Waals surface area contributed by atoms with Crippen LogP contribution >= 0.6 is 7.82 Å². The van der Waals surface area contributed by atoms with Crippen molar-refractivity contribution in [3.63, 3.8) is 0 Å². The maximum Gasteiger partial charge on any atom is 0.469 e. The number of aliphatic imine (C=N–C) groups is 1. The van der Waals surface area contributed by atoms with E-state index in [1.165, 1.54) is 17.6 Å². The van der Waals surface area contributed by atoms with Crippen molar-refractivity contribution in [3.05, 3.63) is 11.9 Å². The van der Waals surface area contributed by atoms with Crippen LogP contribution in [0.25, 0.3) is 0 Å². The first-order valence-electron chi connectivity index (χ1n) is 7.11. The summed E-state index contributed by atoms with van der Waals surface area (Å²) in [7, 11) is -4.72. The molecule has 2 aliphatic heterocycles. The molecule has 2 radical (unpaired) electrons. The zero-order valence-corrected chi connectivity index (χ0v) is 19.6. The molecule has 4 atom stereocenters. The molecule has 3 rings (SSSR count). The summed E-state index contributed by atoms with van der Waals surface area (Å²) < 4.78 is 20.4. The number of hydrogen-bond acceptors (Lipinski definition) is 11. The fourth-order valence-corrected chi connectivity index (χ4v) is 2.79. The fourth-order valence-electron chi connectivity index (χ4n) is 2.45. The van der Waals surface area contributed by atoms with E-state index in [9.17, 15) is 14.8 Å². The SMILES string of the molecule is NN1CN=Cc2c(N[C@@H]3O[C@H](COP(=O)(O)O)[C@@H](O)[C@H]3O)ncnc21.[Na].[Na]. The number of hydrazine groups is 1. The van der Waals surface area contributed by atoms with Crippen molar-refractivity contribution in [2.24, 2.45) is 10.8 Å². The van der Waals surface area contributed by atoms with Crippen molar-refractivity contribution in [3.8, 4) is 0 Å². The van der Waals surface area contributed by atoms with Crippen molar-refractivity contribution in [1.29, 1.82) is 0 Å². The van der Waals surface area contributed by atoms with Crippen LogP contribution in [0.1, 0.15) is 5.56 Å². The van der Waals surface area contributed by atoms with Crippen LogP contribution < -0.4 is 16.2 Å². The van der Waals surface area contributed by atoms with Gasteiger partial charge in [0.2, 0.25) is 0 Å². The van der Waals surface area contributed by atoms with Crippen LogP contribution in [0.5, 0.6) is 0 Å². The largest absolute Gasteiger partial charge is 0.469 e. The third-order valence-electron chi connectivity index (χ3n) is 3.64. The Morgan fingerprint density at radius 2 is 2.04 bits per heavy atom. The van der Waals surface area contributed by atoms with Crippen molar-refractivity contribution >= 4 is 84.8 Å². The van der Waals surface area contributed by atoms with Crippen molar-refractivity contribution < 1.29 is 33.8 Å². The molecule has 140 valence electrons. The minimum absolute atomic E-state index is 0. The van der Waals surface area contributed by atoms with Gasteiger partial charge in [-0.25, -0.2) is 20.4 Å². The van der Waals surface area contributed by atoms with Crippen molar-refractivity contribution in [2.45, 2.75) is 24.5 Å². The Morgan fingerprint density at radius 3 is 2.70 bits per heavy atom. The van der Waals surface area contributed by atoms with E-state index in [4.69, 9.17) is 20.4 Å². The smallest absolute Gasteiger partial charge is 0.387 e. The monoisotopic (exact) mass is 422 g/mol. The second-order valence-corrected chi connectivity index (χ2v) is 6.63. The normalized spacial score (nSPS) is 26.8. The molecule has 0 spiro atoms. The molecule has 1 saturated heterocycles. The molecule has 27 heavy (non-hydrogen) atoms. The van der Waals surface area contributed by atoms with Gasteiger partial charge in [0, 0.05) is 65.3 Å². The first-order valence-corrected chi connectivity index (χ1v) is 8.64. The Labute approximate surface area is 198 Å². The van der Waals surface area contributed by atoms with Crippen LogP contribution in [0.3, 0.4) is 0 Å². The first-order chi connectivity index (χ1) is 11.8. The van der Waals surface area contributed by atoms with E-state index < -0.39 is 39.0 Å². The number of hydrogen-bond donors (Lipinski definition) is 6. The van der Waals surface area contributed by atoms with Gasteiger partial charge in [0.05, 0.1) is 12.2 Å². The van der Waals surface area contributed by atoms with E-state index in [1.807, 2.05) is 0 Å². The van der Waals surface area contributed by atoms with E-state index in [2.05, 4.69) is 24.8 Å². The van der Waals surface area contributed by atoms with Gasteiger partial charge in [-0.1, -0.05) is 0 Å². The molecule has 7 N–H and O–H groups in total. The third kappa shape index (κ3) is 6.14. The second kappa shape index (κ2) is 10.4. The number of nitrogens with zero attached hydrogens (tertiary/aromatic N) is 4. The average Bonchev–Trinajstić information content (AvgIpc) is 2.81. The summed E-state index contributed by atoms with van der Waals surface area (Å²) in [6, 6.07) is 0. The molecular formula is C11H17N6Na2O7P. The van der Waals surface area contributed by atoms with E-state index >= 15 is 0 Å². The number of nitrogens with two attached hydrogens (primary N) is 1. The molecule has 2 aliphatic rings. The van der Waals surface area contributed by atoms with Gasteiger partial charge >= 0.3 is 7.82 Å². The van der Waals surface area contributed by atoms with Gasteiger partial charge < -0.3 is 30.1 Å². The summed E-state index contributed by atoms with van der Waals surface area (Å²) in [6.45, 7) is -0.368. The minimum atomic E-state index is -4.72. The van der Waals surface area contributed by atoms with Gasteiger partial charge in [-0.3, -0.25) is 14.5 Å². The number of aromatic nitrogens is 2. The number of fused-ring (bicyclic) bond motifs is 1. The number of aliphatic hydroxyl groups excluding tert-OH is 2. The molecule has 0 unspecified atom stereocenters. The molecular weight excluding hydrogens is 405 g/mol. The summed E-state index contributed by atoms with van der Waals surface area (Å²) in [5.74, 6) is 6.44. The van der Waals surface area contributed by atoms with Gasteiger partial charge in [-0.2, -0.15) is 0 Å². The zero-order valence-electron chi connectivity index (χ0n) is 14.7. The molecule has 0 saturated carbocycles. The van der Waals surface area contributed by atoms with Gasteiger partial charge in [0.15, 0.2) is 12.0 Å². The Bertz CT molecular complexity index is 724. The molecule has 13 nitrogen and oxygen atoms in total. The number of anilines is 2. The molecule has 0 bridgehead atoms. The molecule has 1 fully saturated rings. The van der Waals surface area contributed by atoms with E-state index in [1.54, 1.807) is 0 Å². The molecule has 0 aliphatic carbocycles. The number of aliphatic hydroxyl groups is 2. The van der Waals surface area contributed by atoms with Crippen LogP contribution in [0.4, 0.5) is 11.6 Å². The summed E-state index contributed by atoms with van der Waals surface area (Å²) in [4.78, 5) is 29.5. The number of phosphoric ester groups is 1. The van der Waals surface area contributed by atoms with Crippen LogP contribution in [0, 0.1) is 0 Å². The molecule has 16 heteroatoms. The van der Waals surface area contributed by atoms with Crippen LogP contribution in [-0.4, -0.2) is 133 Å². The van der Waals surface area contributed by atoms with E-state index in [0.29, 0.717) is 11.4 Å². The second-order valence-electron chi connectivity index (χ2n) is 5.39. The zero-order chi connectivity index (χ0) is 18.2. The average molecular weight is 422 g/mol. The topological polar surface area (TPSA) is 196 Å². The molecule has 1 aromatic heterocycles. The Morgan fingerprint density at radius 1 is 1.33 bits per heavy atom. The summed E-state index contributed by atoms with van der Waals surface area (Å²) in [5.41, 5.74) is 0.469. The Balaban J connectivity index is 0.00000182. The predicted octanol–water partition coefficient (Wildman–Crippen LogP) is -3.25. The van der Waals surface area contributed by atoms with Gasteiger partial charge in [0.25, 0.3) is 0 Å². The third-order valence-corrected chi connectivity index (χ3v) is 4.12. The maximum absolute atomic E-state index is 10.7. The van der Waals surface area contributed by atoms with E-state index in [-0.39, 0.29) is 71.6 Å². The molecule has 1 aromatic rings. The summed E-state index contributed by atoms with van der Waals surface area (Å²) >= 11 is 0. The quantitative estimate of drug-likeness (QED) is 0.158. The van der Waals surface area contributed by atoms with Crippen molar-refractivity contribution in [2.75, 3.05) is 23.6 Å². The maximum atomic E-state index is 10.7. The number of phosphoric acid groups is 1. The van der Waals surface area contributed by atoms with E-state index in [0.717, 1.165) is 0 Å². The Hall–Kier alpha value is 0.300. The summed E-state index contributed by atoms with van der Waals surface area (Å²) in [6.07, 6.45) is -2.27. The number of ether oxygens (including phenoxy) is 1. The number of rotatable bonds is 5. The predicted molar refractivity (Wildman–Crippen MR) is 95.0 cm³/mol. The first kappa shape index (κ1) is 25.3. The van der Waals surface area contributed by atoms with Crippen LogP contribution in [-0.2, 0) is 13.8 Å². The number of nitrogens with one attached hydrogen (secondary N) is 1. The van der Waals surface area contributed by atoms with Gasteiger partial charge in [-0.15, -0.1) is 0 Å². The molecule has 3 heterocycles. The molecule has 0 amide bonds. The van der Waals surface area contributed by atoms with Crippen LogP contribution in [0.15, 0.2) is 11.3 Å². The van der Waals surface area contributed by atoms with Crippen LogP contribution in [0.2, 0.25) is 0 Å².